The van der Waals surface area contributed by atoms with Gasteiger partial charge in [-0.25, -0.2) is 4.39 Å². The molecule has 0 bridgehead atoms. The van der Waals surface area contributed by atoms with Crippen molar-refractivity contribution in [3.63, 3.8) is 0 Å². The zero-order valence-corrected chi connectivity index (χ0v) is 12.7. The molecule has 2 nitrogen and oxygen atoms in total. The normalized spacial score (nSPS) is 15.1. The highest BCUT2D eigenvalue weighted by molar-refractivity contribution is 9.10. The molecule has 1 aliphatic heterocycles. The summed E-state index contributed by atoms with van der Waals surface area (Å²) in [4.78, 5) is 2.32. The van der Waals surface area contributed by atoms with Crippen LogP contribution in [0, 0.1) is 5.82 Å². The van der Waals surface area contributed by atoms with E-state index in [1.54, 1.807) is 6.07 Å². The minimum atomic E-state index is -0.198. The predicted octanol–water partition coefficient (Wildman–Crippen LogP) is 3.73. The third-order valence-corrected chi connectivity index (χ3v) is 4.17. The van der Waals surface area contributed by atoms with Crippen LogP contribution in [0.25, 0.3) is 0 Å². The Labute approximate surface area is 126 Å². The van der Waals surface area contributed by atoms with Crippen molar-refractivity contribution in [3.8, 4) is 0 Å². The van der Waals surface area contributed by atoms with Crippen LogP contribution < -0.4 is 5.73 Å². The maximum Gasteiger partial charge on any atom is 0.124 e. The molecule has 2 aromatic carbocycles. The first-order valence-electron chi connectivity index (χ1n) is 6.65. The lowest BCUT2D eigenvalue weighted by molar-refractivity contribution is 0.245. The van der Waals surface area contributed by atoms with Crippen LogP contribution in [-0.4, -0.2) is 11.4 Å². The second kappa shape index (κ2) is 5.54. The lowest BCUT2D eigenvalue weighted by atomic mass is 9.97. The fraction of sp³-hybridized carbons (Fsp3) is 0.250. The Morgan fingerprint density at radius 2 is 2.10 bits per heavy atom. The Bertz CT molecular complexity index is 622. The number of benzene rings is 2. The second-order valence-electron chi connectivity index (χ2n) is 5.22. The summed E-state index contributed by atoms with van der Waals surface area (Å²) in [6.45, 7) is 2.58. The van der Waals surface area contributed by atoms with E-state index in [0.29, 0.717) is 0 Å². The van der Waals surface area contributed by atoms with Crippen molar-refractivity contribution in [2.75, 3.05) is 12.3 Å². The number of halogens is 2. The van der Waals surface area contributed by atoms with E-state index in [1.165, 1.54) is 17.2 Å². The van der Waals surface area contributed by atoms with Crippen LogP contribution in [0.3, 0.4) is 0 Å². The topological polar surface area (TPSA) is 29.3 Å². The average molecular weight is 335 g/mol. The van der Waals surface area contributed by atoms with Crippen LogP contribution in [0.4, 0.5) is 10.1 Å². The standard InChI is InChI=1S/C16H16BrFN2/c17-13-6-11(7-14(18)8-13)9-20-5-4-15-12(10-20)2-1-3-16(15)19/h1-3,6-8H,4-5,9-10,19H2. The molecule has 1 aliphatic rings. The third-order valence-electron chi connectivity index (χ3n) is 3.71. The van der Waals surface area contributed by atoms with Crippen molar-refractivity contribution in [2.24, 2.45) is 0 Å². The Morgan fingerprint density at radius 3 is 2.90 bits per heavy atom. The fourth-order valence-electron chi connectivity index (χ4n) is 2.79. The molecule has 0 saturated heterocycles. The molecule has 0 unspecified atom stereocenters. The van der Waals surface area contributed by atoms with Gasteiger partial charge in [0, 0.05) is 29.8 Å². The van der Waals surface area contributed by atoms with Crippen LogP contribution in [0.1, 0.15) is 16.7 Å². The van der Waals surface area contributed by atoms with E-state index in [2.05, 4.69) is 26.9 Å². The van der Waals surface area contributed by atoms with Gasteiger partial charge in [0.15, 0.2) is 0 Å². The van der Waals surface area contributed by atoms with Crippen LogP contribution >= 0.6 is 15.9 Å². The van der Waals surface area contributed by atoms with Crippen molar-refractivity contribution in [1.29, 1.82) is 0 Å². The van der Waals surface area contributed by atoms with E-state index in [9.17, 15) is 4.39 Å². The molecule has 0 radical (unpaired) electrons. The lowest BCUT2D eigenvalue weighted by Crippen LogP contribution is -2.30. The van der Waals surface area contributed by atoms with Gasteiger partial charge in [-0.05, 0) is 47.4 Å². The van der Waals surface area contributed by atoms with E-state index < -0.39 is 0 Å². The minimum Gasteiger partial charge on any atom is -0.398 e. The Balaban J connectivity index is 1.77. The molecular weight excluding hydrogens is 319 g/mol. The average Bonchev–Trinajstić information content (AvgIpc) is 2.37. The predicted molar refractivity (Wildman–Crippen MR) is 82.8 cm³/mol. The molecule has 0 aliphatic carbocycles. The minimum absolute atomic E-state index is 0.198. The summed E-state index contributed by atoms with van der Waals surface area (Å²) in [6.07, 6.45) is 0.957. The molecule has 0 aromatic heterocycles. The van der Waals surface area contributed by atoms with Gasteiger partial charge in [-0.3, -0.25) is 4.90 Å². The molecule has 0 spiro atoms. The van der Waals surface area contributed by atoms with Crippen LogP contribution in [0.5, 0.6) is 0 Å². The highest BCUT2D eigenvalue weighted by Crippen LogP contribution is 2.25. The highest BCUT2D eigenvalue weighted by atomic mass is 79.9. The lowest BCUT2D eigenvalue weighted by Gasteiger charge is -2.29. The third kappa shape index (κ3) is 2.86. The zero-order valence-electron chi connectivity index (χ0n) is 11.1. The van der Waals surface area contributed by atoms with Crippen LogP contribution in [-0.2, 0) is 19.5 Å². The quantitative estimate of drug-likeness (QED) is 0.848. The van der Waals surface area contributed by atoms with E-state index in [-0.39, 0.29) is 5.82 Å². The second-order valence-corrected chi connectivity index (χ2v) is 6.14. The van der Waals surface area contributed by atoms with Gasteiger partial charge in [0.2, 0.25) is 0 Å². The molecule has 0 saturated carbocycles. The molecule has 0 atom stereocenters. The summed E-state index contributed by atoms with van der Waals surface area (Å²) in [5.74, 6) is -0.198. The van der Waals surface area contributed by atoms with Gasteiger partial charge in [-0.1, -0.05) is 28.1 Å². The molecule has 4 heteroatoms. The Morgan fingerprint density at radius 1 is 1.25 bits per heavy atom. The van der Waals surface area contributed by atoms with Crippen molar-refractivity contribution < 1.29 is 4.39 Å². The van der Waals surface area contributed by atoms with E-state index in [4.69, 9.17) is 5.73 Å². The molecule has 0 amide bonds. The molecule has 3 rings (SSSR count). The summed E-state index contributed by atoms with van der Waals surface area (Å²) in [5, 5.41) is 0. The molecule has 2 aromatic rings. The van der Waals surface area contributed by atoms with Crippen LogP contribution in [0.15, 0.2) is 40.9 Å². The number of anilines is 1. The van der Waals surface area contributed by atoms with Gasteiger partial charge in [0.25, 0.3) is 0 Å². The van der Waals surface area contributed by atoms with E-state index in [0.717, 1.165) is 41.8 Å². The first-order valence-corrected chi connectivity index (χ1v) is 7.45. The highest BCUT2D eigenvalue weighted by Gasteiger charge is 2.18. The zero-order chi connectivity index (χ0) is 14.1. The van der Waals surface area contributed by atoms with Crippen molar-refractivity contribution >= 4 is 21.6 Å². The van der Waals surface area contributed by atoms with Gasteiger partial charge in [0.05, 0.1) is 0 Å². The Kier molecular flexibility index (Phi) is 3.76. The van der Waals surface area contributed by atoms with E-state index in [1.807, 2.05) is 18.2 Å². The van der Waals surface area contributed by atoms with Crippen LogP contribution in [0.2, 0.25) is 0 Å². The number of nitrogen functional groups attached to an aromatic ring is 1. The maximum atomic E-state index is 13.4. The number of hydrogen-bond acceptors (Lipinski definition) is 2. The van der Waals surface area contributed by atoms with Gasteiger partial charge < -0.3 is 5.73 Å². The number of nitrogens with zero attached hydrogens (tertiary/aromatic N) is 1. The molecule has 20 heavy (non-hydrogen) atoms. The monoisotopic (exact) mass is 334 g/mol. The van der Waals surface area contributed by atoms with Gasteiger partial charge in [-0.15, -0.1) is 0 Å². The molecule has 0 fully saturated rings. The first kappa shape index (κ1) is 13.6. The molecule has 1 heterocycles. The van der Waals surface area contributed by atoms with Crippen molar-refractivity contribution in [2.45, 2.75) is 19.5 Å². The largest absolute Gasteiger partial charge is 0.398 e. The van der Waals surface area contributed by atoms with E-state index >= 15 is 0 Å². The number of hydrogen-bond donors (Lipinski definition) is 1. The SMILES string of the molecule is Nc1cccc2c1CCN(Cc1cc(F)cc(Br)c1)C2. The van der Waals surface area contributed by atoms with Gasteiger partial charge in [-0.2, -0.15) is 0 Å². The summed E-state index contributed by atoms with van der Waals surface area (Å²) in [7, 11) is 0. The molecule has 2 N–H and O–H groups in total. The first-order chi connectivity index (χ1) is 9.61. The summed E-state index contributed by atoms with van der Waals surface area (Å²) in [5.41, 5.74) is 10.4. The smallest absolute Gasteiger partial charge is 0.124 e. The molecular formula is C16H16BrFN2. The summed E-state index contributed by atoms with van der Waals surface area (Å²) in [6, 6.07) is 11.1. The van der Waals surface area contributed by atoms with Crippen molar-refractivity contribution in [3.05, 3.63) is 63.4 Å². The number of rotatable bonds is 2. The van der Waals surface area contributed by atoms with Gasteiger partial charge >= 0.3 is 0 Å². The van der Waals surface area contributed by atoms with Gasteiger partial charge in [0.1, 0.15) is 5.82 Å². The summed E-state index contributed by atoms with van der Waals surface area (Å²) >= 11 is 3.34. The summed E-state index contributed by atoms with van der Waals surface area (Å²) < 4.78 is 14.2. The Hall–Kier alpha value is -1.39. The number of nitrogens with two attached hydrogens (primary N) is 1. The van der Waals surface area contributed by atoms with Crippen molar-refractivity contribution in [1.82, 2.24) is 4.90 Å². The fourth-order valence-corrected chi connectivity index (χ4v) is 3.31. The maximum absolute atomic E-state index is 13.4. The molecule has 104 valence electrons. The number of fused-ring (bicyclic) bond motifs is 1.